The monoisotopic (exact) mass is 314 g/mol. The molecule has 0 aromatic carbocycles. The molecule has 1 amide bonds. The number of hydrogen-bond acceptors (Lipinski definition) is 4. The van der Waals surface area contributed by atoms with Crippen molar-refractivity contribution in [1.82, 2.24) is 19.9 Å². The number of rotatable bonds is 6. The molecule has 0 aliphatic heterocycles. The summed E-state index contributed by atoms with van der Waals surface area (Å²) < 4.78 is 6.93. The number of pyridine rings is 1. The Morgan fingerprint density at radius 2 is 2.26 bits per heavy atom. The van der Waals surface area contributed by atoms with Gasteiger partial charge in [-0.25, -0.2) is 9.36 Å². The number of nitrogens with zero attached hydrogens (tertiary/aromatic N) is 3. The van der Waals surface area contributed by atoms with Gasteiger partial charge in [-0.05, 0) is 38.3 Å². The zero-order valence-corrected chi connectivity index (χ0v) is 13.6. The molecule has 0 radical (unpaired) electrons. The third-order valence-electron chi connectivity index (χ3n) is 3.90. The minimum Gasteiger partial charge on any atom is -0.465 e. The van der Waals surface area contributed by atoms with Crippen molar-refractivity contribution in [3.63, 3.8) is 0 Å². The van der Waals surface area contributed by atoms with Gasteiger partial charge in [0.2, 0.25) is 0 Å². The number of amides is 1. The summed E-state index contributed by atoms with van der Waals surface area (Å²) in [5.74, 6) is 0.790. The lowest BCUT2D eigenvalue weighted by atomic mass is 10.2. The molecule has 0 unspecified atom stereocenters. The van der Waals surface area contributed by atoms with Crippen molar-refractivity contribution in [1.29, 1.82) is 0 Å². The van der Waals surface area contributed by atoms with E-state index in [-0.39, 0.29) is 6.03 Å². The van der Waals surface area contributed by atoms with Gasteiger partial charge in [0, 0.05) is 30.2 Å². The number of carbonyl (C=O) groups is 1. The highest BCUT2D eigenvalue weighted by Gasteiger charge is 2.21. The number of aryl methyl sites for hydroxylation is 1. The Morgan fingerprint density at radius 3 is 2.91 bits per heavy atom. The van der Waals surface area contributed by atoms with Gasteiger partial charge in [0.05, 0.1) is 12.3 Å². The van der Waals surface area contributed by atoms with Gasteiger partial charge in [-0.3, -0.25) is 4.98 Å². The first-order valence-corrected chi connectivity index (χ1v) is 8.10. The normalized spacial score (nSPS) is 13.8. The molecule has 0 atom stereocenters. The van der Waals surface area contributed by atoms with E-state index in [0.29, 0.717) is 24.9 Å². The van der Waals surface area contributed by atoms with Gasteiger partial charge >= 0.3 is 12.0 Å². The smallest absolute Gasteiger partial charge is 0.329 e. The third kappa shape index (κ3) is 3.88. The fourth-order valence-corrected chi connectivity index (χ4v) is 2.37. The summed E-state index contributed by atoms with van der Waals surface area (Å²) >= 11 is 0. The molecule has 0 spiro atoms. The lowest BCUT2D eigenvalue weighted by Crippen LogP contribution is -2.29. The van der Waals surface area contributed by atoms with E-state index in [2.05, 4.69) is 15.3 Å². The summed E-state index contributed by atoms with van der Waals surface area (Å²) in [7, 11) is 0. The highest BCUT2D eigenvalue weighted by atomic mass is 16.5. The van der Waals surface area contributed by atoms with Gasteiger partial charge in [0.25, 0.3) is 0 Å². The molecule has 1 aliphatic rings. The van der Waals surface area contributed by atoms with E-state index in [0.717, 1.165) is 23.6 Å². The van der Waals surface area contributed by atoms with Crippen LogP contribution >= 0.6 is 0 Å². The Balaban J connectivity index is 1.76. The standard InChI is InChI=1S/C17H22N4O2/c1-3-23-17-20-15(14-7-4-12(2)19-10-14)11-21(17)16(22)18-9-8-13-5-6-13/h4,7,10-11,13H,3,5-6,8-9H2,1-2H3,(H,18,22). The van der Waals surface area contributed by atoms with Gasteiger partial charge in [-0.1, -0.05) is 12.8 Å². The predicted octanol–water partition coefficient (Wildman–Crippen LogP) is 3.01. The summed E-state index contributed by atoms with van der Waals surface area (Å²) in [6.07, 6.45) is 7.07. The largest absolute Gasteiger partial charge is 0.465 e. The van der Waals surface area contributed by atoms with Crippen molar-refractivity contribution in [2.45, 2.75) is 33.1 Å². The molecular weight excluding hydrogens is 292 g/mol. The fourth-order valence-electron chi connectivity index (χ4n) is 2.37. The molecule has 2 aromatic heterocycles. The van der Waals surface area contributed by atoms with E-state index in [9.17, 15) is 4.79 Å². The molecular formula is C17H22N4O2. The molecule has 122 valence electrons. The molecule has 1 saturated carbocycles. The van der Waals surface area contributed by atoms with Gasteiger partial charge < -0.3 is 10.1 Å². The Kier molecular flexibility index (Phi) is 4.60. The molecule has 2 heterocycles. The van der Waals surface area contributed by atoms with E-state index in [1.54, 1.807) is 12.4 Å². The van der Waals surface area contributed by atoms with Gasteiger partial charge in [0.1, 0.15) is 0 Å². The Labute approximate surface area is 135 Å². The van der Waals surface area contributed by atoms with Crippen molar-refractivity contribution in [3.8, 4) is 17.3 Å². The van der Waals surface area contributed by atoms with Gasteiger partial charge in [-0.15, -0.1) is 0 Å². The first-order valence-electron chi connectivity index (χ1n) is 8.10. The van der Waals surface area contributed by atoms with Crippen LogP contribution < -0.4 is 10.1 Å². The van der Waals surface area contributed by atoms with Crippen LogP contribution in [0, 0.1) is 12.8 Å². The Morgan fingerprint density at radius 1 is 1.43 bits per heavy atom. The molecule has 1 N–H and O–H groups in total. The van der Waals surface area contributed by atoms with Crippen LogP contribution in [0.2, 0.25) is 0 Å². The van der Waals surface area contributed by atoms with Crippen LogP contribution in [0.1, 0.15) is 31.9 Å². The average Bonchev–Trinajstić information content (AvgIpc) is 3.27. The number of ether oxygens (including phenoxy) is 1. The fraction of sp³-hybridized carbons (Fsp3) is 0.471. The van der Waals surface area contributed by atoms with Crippen molar-refractivity contribution in [2.75, 3.05) is 13.2 Å². The molecule has 2 aromatic rings. The van der Waals surface area contributed by atoms with Crippen LogP contribution in [0.25, 0.3) is 11.3 Å². The van der Waals surface area contributed by atoms with Crippen LogP contribution in [0.3, 0.4) is 0 Å². The minimum absolute atomic E-state index is 0.201. The second-order valence-electron chi connectivity index (χ2n) is 5.86. The quantitative estimate of drug-likeness (QED) is 0.890. The number of imidazole rings is 1. The van der Waals surface area contributed by atoms with Crippen LogP contribution in [-0.4, -0.2) is 33.7 Å². The Bertz CT molecular complexity index is 674. The number of aromatic nitrogens is 3. The lowest BCUT2D eigenvalue weighted by molar-refractivity contribution is 0.234. The van der Waals surface area contributed by atoms with E-state index in [1.807, 2.05) is 26.0 Å². The zero-order chi connectivity index (χ0) is 16.2. The lowest BCUT2D eigenvalue weighted by Gasteiger charge is -2.07. The summed E-state index contributed by atoms with van der Waals surface area (Å²) in [5.41, 5.74) is 2.48. The summed E-state index contributed by atoms with van der Waals surface area (Å²) in [6.45, 7) is 4.95. The summed E-state index contributed by atoms with van der Waals surface area (Å²) in [4.78, 5) is 21.0. The maximum atomic E-state index is 12.4. The van der Waals surface area contributed by atoms with E-state index in [4.69, 9.17) is 4.74 Å². The third-order valence-corrected chi connectivity index (χ3v) is 3.90. The van der Waals surface area contributed by atoms with E-state index >= 15 is 0 Å². The van der Waals surface area contributed by atoms with Crippen LogP contribution in [0.5, 0.6) is 6.01 Å². The highest BCUT2D eigenvalue weighted by molar-refractivity contribution is 5.79. The number of hydrogen-bond donors (Lipinski definition) is 1. The highest BCUT2D eigenvalue weighted by Crippen LogP contribution is 2.31. The topological polar surface area (TPSA) is 69.0 Å². The molecule has 23 heavy (non-hydrogen) atoms. The van der Waals surface area contributed by atoms with Gasteiger partial charge in [-0.2, -0.15) is 4.98 Å². The summed E-state index contributed by atoms with van der Waals surface area (Å²) in [6, 6.07) is 3.97. The maximum Gasteiger partial charge on any atom is 0.329 e. The zero-order valence-electron chi connectivity index (χ0n) is 13.6. The molecule has 0 saturated heterocycles. The van der Waals surface area contributed by atoms with E-state index < -0.39 is 0 Å². The van der Waals surface area contributed by atoms with Crippen molar-refractivity contribution < 1.29 is 9.53 Å². The molecule has 1 aliphatic carbocycles. The molecule has 6 heteroatoms. The molecule has 0 bridgehead atoms. The average molecular weight is 314 g/mol. The first-order chi connectivity index (χ1) is 11.2. The minimum atomic E-state index is -0.201. The first kappa shape index (κ1) is 15.5. The second kappa shape index (κ2) is 6.81. The predicted molar refractivity (Wildman–Crippen MR) is 87.5 cm³/mol. The maximum absolute atomic E-state index is 12.4. The van der Waals surface area contributed by atoms with E-state index in [1.165, 1.54) is 17.4 Å². The molecule has 3 rings (SSSR count). The number of carbonyl (C=O) groups excluding carboxylic acids is 1. The summed E-state index contributed by atoms with van der Waals surface area (Å²) in [5, 5.41) is 2.93. The Hall–Kier alpha value is -2.37. The second-order valence-corrected chi connectivity index (χ2v) is 5.86. The number of nitrogens with one attached hydrogen (secondary N) is 1. The van der Waals surface area contributed by atoms with Crippen LogP contribution in [0.15, 0.2) is 24.5 Å². The van der Waals surface area contributed by atoms with Crippen LogP contribution in [-0.2, 0) is 0 Å². The van der Waals surface area contributed by atoms with Crippen LogP contribution in [0.4, 0.5) is 4.79 Å². The van der Waals surface area contributed by atoms with Crippen molar-refractivity contribution in [3.05, 3.63) is 30.2 Å². The molecule has 1 fully saturated rings. The van der Waals surface area contributed by atoms with Crippen molar-refractivity contribution in [2.24, 2.45) is 5.92 Å². The SMILES string of the molecule is CCOc1nc(-c2ccc(C)nc2)cn1C(=O)NCCC1CC1. The van der Waals surface area contributed by atoms with Gasteiger partial charge in [0.15, 0.2) is 0 Å². The van der Waals surface area contributed by atoms with Crippen molar-refractivity contribution >= 4 is 6.03 Å². The molecule has 6 nitrogen and oxygen atoms in total.